The highest BCUT2D eigenvalue weighted by Crippen LogP contribution is 2.19. The molecule has 0 unspecified atom stereocenters. The smallest absolute Gasteiger partial charge is 0.139 e. The van der Waals surface area contributed by atoms with Crippen LogP contribution in [0.2, 0.25) is 0 Å². The number of aryl methyl sites for hydroxylation is 1. The Morgan fingerprint density at radius 1 is 1.20 bits per heavy atom. The number of nitrogen functional groups attached to an aromatic ring is 1. The molecule has 104 valence electrons. The number of hydrogen-bond donors (Lipinski definition) is 2. The monoisotopic (exact) mass is 271 g/mol. The molecule has 0 atom stereocenters. The third kappa shape index (κ3) is 2.96. The normalized spacial score (nSPS) is 10.3. The number of benzene rings is 2. The number of nitrogens with two attached hydrogens (primary N) is 1. The summed E-state index contributed by atoms with van der Waals surface area (Å²) in [7, 11) is 1.91. The molecule has 0 radical (unpaired) electrons. The van der Waals surface area contributed by atoms with Crippen LogP contribution in [0.4, 0.5) is 10.1 Å². The van der Waals surface area contributed by atoms with Crippen molar-refractivity contribution in [1.29, 1.82) is 5.41 Å². The number of hydrogen-bond acceptors (Lipinski definition) is 2. The summed E-state index contributed by atoms with van der Waals surface area (Å²) in [5.74, 6) is -0.665. The summed E-state index contributed by atoms with van der Waals surface area (Å²) < 4.78 is 14.2. The number of amidine groups is 1. The van der Waals surface area contributed by atoms with E-state index >= 15 is 0 Å². The minimum absolute atomic E-state index is 0.153. The predicted octanol–water partition coefficient (Wildman–Crippen LogP) is 3.05. The maximum atomic E-state index is 14.2. The van der Waals surface area contributed by atoms with E-state index in [2.05, 4.69) is 0 Å². The molecule has 0 aliphatic carbocycles. The molecule has 0 aromatic heterocycles. The first kappa shape index (κ1) is 14.1. The van der Waals surface area contributed by atoms with E-state index in [1.54, 1.807) is 12.1 Å². The van der Waals surface area contributed by atoms with Crippen LogP contribution in [-0.2, 0) is 6.54 Å². The number of anilines is 1. The molecular formula is C16H18FN3. The van der Waals surface area contributed by atoms with Crippen LogP contribution in [0.15, 0.2) is 42.5 Å². The van der Waals surface area contributed by atoms with Gasteiger partial charge < -0.3 is 10.6 Å². The summed E-state index contributed by atoms with van der Waals surface area (Å²) >= 11 is 0. The highest BCUT2D eigenvalue weighted by molar-refractivity contribution is 5.95. The molecule has 3 nitrogen and oxygen atoms in total. The Kier molecular flexibility index (Phi) is 4.03. The minimum atomic E-state index is -0.418. The van der Waals surface area contributed by atoms with Gasteiger partial charge in [-0.2, -0.15) is 0 Å². The maximum Gasteiger partial charge on any atom is 0.139 e. The fourth-order valence-corrected chi connectivity index (χ4v) is 2.06. The van der Waals surface area contributed by atoms with Crippen LogP contribution in [0.25, 0.3) is 0 Å². The molecule has 0 saturated heterocycles. The van der Waals surface area contributed by atoms with Crippen molar-refractivity contribution >= 4 is 11.5 Å². The van der Waals surface area contributed by atoms with Crippen molar-refractivity contribution in [3.05, 3.63) is 65.0 Å². The van der Waals surface area contributed by atoms with Crippen LogP contribution in [0, 0.1) is 18.2 Å². The van der Waals surface area contributed by atoms with Crippen LogP contribution >= 0.6 is 0 Å². The predicted molar refractivity (Wildman–Crippen MR) is 80.7 cm³/mol. The van der Waals surface area contributed by atoms with Crippen molar-refractivity contribution in [3.8, 4) is 0 Å². The van der Waals surface area contributed by atoms with Gasteiger partial charge in [0.2, 0.25) is 0 Å². The largest absolute Gasteiger partial charge is 0.384 e. The Bertz CT molecular complexity index is 620. The van der Waals surface area contributed by atoms with E-state index in [1.807, 2.05) is 43.1 Å². The van der Waals surface area contributed by atoms with Crippen LogP contribution in [0.3, 0.4) is 0 Å². The maximum absolute atomic E-state index is 14.2. The molecule has 4 heteroatoms. The summed E-state index contributed by atoms with van der Waals surface area (Å²) in [6, 6.07) is 13.0. The Hall–Kier alpha value is -2.36. The SMILES string of the molecule is Cc1ccc(N(C)Cc2cccc(C(=N)N)c2F)cc1. The Morgan fingerprint density at radius 3 is 2.45 bits per heavy atom. The van der Waals surface area contributed by atoms with E-state index in [4.69, 9.17) is 11.1 Å². The summed E-state index contributed by atoms with van der Waals surface area (Å²) in [6.07, 6.45) is 0. The second-order valence-corrected chi connectivity index (χ2v) is 4.88. The molecule has 0 fully saturated rings. The van der Waals surface area contributed by atoms with E-state index in [9.17, 15) is 4.39 Å². The van der Waals surface area contributed by atoms with Gasteiger partial charge in [-0.15, -0.1) is 0 Å². The quantitative estimate of drug-likeness (QED) is 0.663. The molecule has 0 spiro atoms. The first-order valence-corrected chi connectivity index (χ1v) is 6.38. The topological polar surface area (TPSA) is 53.1 Å². The van der Waals surface area contributed by atoms with Crippen molar-refractivity contribution in [2.24, 2.45) is 5.73 Å². The summed E-state index contributed by atoms with van der Waals surface area (Å²) in [5.41, 5.74) is 8.26. The van der Waals surface area contributed by atoms with Crippen molar-refractivity contribution in [3.63, 3.8) is 0 Å². The fraction of sp³-hybridized carbons (Fsp3) is 0.188. The minimum Gasteiger partial charge on any atom is -0.384 e. The third-order valence-corrected chi connectivity index (χ3v) is 3.25. The molecule has 2 aromatic carbocycles. The Morgan fingerprint density at radius 2 is 1.85 bits per heavy atom. The lowest BCUT2D eigenvalue weighted by atomic mass is 10.1. The molecule has 3 N–H and O–H groups in total. The van der Waals surface area contributed by atoms with Gasteiger partial charge in [0.1, 0.15) is 11.7 Å². The van der Waals surface area contributed by atoms with Crippen LogP contribution in [0.5, 0.6) is 0 Å². The van der Waals surface area contributed by atoms with Gasteiger partial charge in [-0.25, -0.2) is 4.39 Å². The Labute approximate surface area is 118 Å². The van der Waals surface area contributed by atoms with Crippen molar-refractivity contribution < 1.29 is 4.39 Å². The van der Waals surface area contributed by atoms with Gasteiger partial charge in [0, 0.05) is 24.8 Å². The molecule has 20 heavy (non-hydrogen) atoms. The molecule has 0 aliphatic heterocycles. The van der Waals surface area contributed by atoms with Gasteiger partial charge in [0.15, 0.2) is 0 Å². The number of rotatable bonds is 4. The Balaban J connectivity index is 2.23. The first-order valence-electron chi connectivity index (χ1n) is 6.38. The van der Waals surface area contributed by atoms with Gasteiger partial charge in [0.05, 0.1) is 5.56 Å². The fourth-order valence-electron chi connectivity index (χ4n) is 2.06. The van der Waals surface area contributed by atoms with E-state index in [1.165, 1.54) is 11.6 Å². The third-order valence-electron chi connectivity index (χ3n) is 3.25. The van der Waals surface area contributed by atoms with E-state index in [-0.39, 0.29) is 11.4 Å². The lowest BCUT2D eigenvalue weighted by Gasteiger charge is -2.20. The molecular weight excluding hydrogens is 253 g/mol. The van der Waals surface area contributed by atoms with Gasteiger partial charge in [-0.1, -0.05) is 29.8 Å². The molecule has 0 aliphatic rings. The average Bonchev–Trinajstić information content (AvgIpc) is 2.41. The number of nitrogens with one attached hydrogen (secondary N) is 1. The lowest BCUT2D eigenvalue weighted by Crippen LogP contribution is -2.19. The van der Waals surface area contributed by atoms with Gasteiger partial charge in [0.25, 0.3) is 0 Å². The second-order valence-electron chi connectivity index (χ2n) is 4.88. The summed E-state index contributed by atoms with van der Waals surface area (Å²) in [6.45, 7) is 2.45. The van der Waals surface area contributed by atoms with Crippen molar-refractivity contribution in [2.45, 2.75) is 13.5 Å². The van der Waals surface area contributed by atoms with Crippen molar-refractivity contribution in [2.75, 3.05) is 11.9 Å². The molecule has 2 rings (SSSR count). The summed E-state index contributed by atoms with van der Waals surface area (Å²) in [4.78, 5) is 1.96. The van der Waals surface area contributed by atoms with Crippen LogP contribution in [0.1, 0.15) is 16.7 Å². The molecule has 0 saturated carbocycles. The number of halogens is 1. The lowest BCUT2D eigenvalue weighted by molar-refractivity contribution is 0.605. The molecule has 0 bridgehead atoms. The molecule has 0 amide bonds. The van der Waals surface area contributed by atoms with Gasteiger partial charge in [-0.05, 0) is 25.1 Å². The average molecular weight is 271 g/mol. The van der Waals surface area contributed by atoms with E-state index in [0.29, 0.717) is 12.1 Å². The van der Waals surface area contributed by atoms with E-state index < -0.39 is 5.82 Å². The van der Waals surface area contributed by atoms with Crippen molar-refractivity contribution in [1.82, 2.24) is 0 Å². The number of nitrogens with zero attached hydrogens (tertiary/aromatic N) is 1. The zero-order valence-corrected chi connectivity index (χ0v) is 11.7. The molecule has 2 aromatic rings. The van der Waals surface area contributed by atoms with Crippen LogP contribution < -0.4 is 10.6 Å². The highest BCUT2D eigenvalue weighted by Gasteiger charge is 2.12. The molecule has 0 heterocycles. The van der Waals surface area contributed by atoms with Crippen LogP contribution in [-0.4, -0.2) is 12.9 Å². The first-order chi connectivity index (χ1) is 9.49. The zero-order valence-electron chi connectivity index (χ0n) is 11.7. The van der Waals surface area contributed by atoms with E-state index in [0.717, 1.165) is 5.69 Å². The zero-order chi connectivity index (χ0) is 14.7. The standard InChI is InChI=1S/C16H18FN3/c1-11-6-8-13(9-7-11)20(2)10-12-4-3-5-14(15(12)17)16(18)19/h3-9H,10H2,1-2H3,(H3,18,19). The van der Waals surface area contributed by atoms with Gasteiger partial charge in [-0.3, -0.25) is 5.41 Å². The van der Waals surface area contributed by atoms with Gasteiger partial charge >= 0.3 is 0 Å². The highest BCUT2D eigenvalue weighted by atomic mass is 19.1. The summed E-state index contributed by atoms with van der Waals surface area (Å²) in [5, 5.41) is 7.37. The second kappa shape index (κ2) is 5.74.